The second-order valence-corrected chi connectivity index (χ2v) is 5.62. The molecule has 0 bridgehead atoms. The number of carbonyl (C=O) groups excluding carboxylic acids is 2. The molecule has 0 unspecified atom stereocenters. The molecule has 1 aromatic rings. The maximum Gasteiger partial charge on any atom is 0.245 e. The SMILES string of the molecule is Cc1nc2c([nH]1)CN(C(=O)[C@@H](C)N1CCCC1=O)CC2. The number of nitrogens with zero attached hydrogens (tertiary/aromatic N) is 3. The molecule has 2 amide bonds. The Morgan fingerprint density at radius 1 is 1.35 bits per heavy atom. The zero-order valence-corrected chi connectivity index (χ0v) is 12.0. The highest BCUT2D eigenvalue weighted by atomic mass is 16.2. The second-order valence-electron chi connectivity index (χ2n) is 5.62. The smallest absolute Gasteiger partial charge is 0.245 e. The van der Waals surface area contributed by atoms with Crippen molar-refractivity contribution in [2.24, 2.45) is 0 Å². The maximum atomic E-state index is 12.5. The van der Waals surface area contributed by atoms with E-state index in [4.69, 9.17) is 0 Å². The number of fused-ring (bicyclic) bond motifs is 1. The van der Waals surface area contributed by atoms with Gasteiger partial charge < -0.3 is 14.8 Å². The van der Waals surface area contributed by atoms with Crippen LogP contribution in [0.3, 0.4) is 0 Å². The number of nitrogens with one attached hydrogen (secondary N) is 1. The number of aromatic nitrogens is 2. The fourth-order valence-corrected chi connectivity index (χ4v) is 3.10. The Bertz CT molecular complexity index is 551. The minimum Gasteiger partial charge on any atom is -0.344 e. The summed E-state index contributed by atoms with van der Waals surface area (Å²) in [5.74, 6) is 1.03. The third-order valence-corrected chi connectivity index (χ3v) is 4.20. The number of amides is 2. The predicted molar refractivity (Wildman–Crippen MR) is 72.9 cm³/mol. The van der Waals surface area contributed by atoms with Crippen LogP contribution >= 0.6 is 0 Å². The molecule has 1 fully saturated rings. The van der Waals surface area contributed by atoms with Crippen molar-refractivity contribution in [2.75, 3.05) is 13.1 Å². The van der Waals surface area contributed by atoms with Gasteiger partial charge in [0, 0.05) is 25.9 Å². The highest BCUT2D eigenvalue weighted by Gasteiger charge is 2.33. The van der Waals surface area contributed by atoms with E-state index < -0.39 is 0 Å². The van der Waals surface area contributed by atoms with Crippen LogP contribution in [-0.2, 0) is 22.6 Å². The van der Waals surface area contributed by atoms with Crippen LogP contribution in [-0.4, -0.2) is 50.7 Å². The normalized spacial score (nSPS) is 20.2. The van der Waals surface area contributed by atoms with Crippen LogP contribution in [0.25, 0.3) is 0 Å². The van der Waals surface area contributed by atoms with Crippen molar-refractivity contribution in [3.63, 3.8) is 0 Å². The fourth-order valence-electron chi connectivity index (χ4n) is 3.10. The van der Waals surface area contributed by atoms with E-state index >= 15 is 0 Å². The standard InChI is InChI=1S/C14H20N4O2/c1-9(18-6-3-4-13(18)19)14(20)17-7-5-11-12(8-17)16-10(2)15-11/h9H,3-8H2,1-2H3,(H,15,16)/t9-/m1/s1. The highest BCUT2D eigenvalue weighted by Crippen LogP contribution is 2.20. The molecule has 1 atom stereocenters. The van der Waals surface area contributed by atoms with Crippen LogP contribution in [0, 0.1) is 6.92 Å². The van der Waals surface area contributed by atoms with Crippen LogP contribution in [0.5, 0.6) is 0 Å². The van der Waals surface area contributed by atoms with Crippen molar-refractivity contribution < 1.29 is 9.59 Å². The lowest BCUT2D eigenvalue weighted by Gasteiger charge is -2.32. The van der Waals surface area contributed by atoms with Crippen LogP contribution in [0.4, 0.5) is 0 Å². The zero-order chi connectivity index (χ0) is 14.3. The quantitative estimate of drug-likeness (QED) is 0.860. The van der Waals surface area contributed by atoms with E-state index in [0.29, 0.717) is 26.1 Å². The molecule has 2 aliphatic heterocycles. The van der Waals surface area contributed by atoms with Crippen molar-refractivity contribution >= 4 is 11.8 Å². The van der Waals surface area contributed by atoms with Crippen LogP contribution in [0.15, 0.2) is 0 Å². The first-order chi connectivity index (χ1) is 9.56. The molecule has 1 N–H and O–H groups in total. The van der Waals surface area contributed by atoms with Gasteiger partial charge in [0.2, 0.25) is 11.8 Å². The van der Waals surface area contributed by atoms with Gasteiger partial charge in [-0.05, 0) is 20.3 Å². The lowest BCUT2D eigenvalue weighted by Crippen LogP contribution is -2.49. The lowest BCUT2D eigenvalue weighted by molar-refractivity contribution is -0.143. The van der Waals surface area contributed by atoms with Gasteiger partial charge in [-0.25, -0.2) is 4.98 Å². The molecule has 0 aliphatic carbocycles. The number of likely N-dealkylation sites (tertiary alicyclic amines) is 1. The topological polar surface area (TPSA) is 69.3 Å². The summed E-state index contributed by atoms with van der Waals surface area (Å²) in [6.07, 6.45) is 2.22. The molecule has 0 radical (unpaired) electrons. The summed E-state index contributed by atoms with van der Waals surface area (Å²) in [5, 5.41) is 0. The lowest BCUT2D eigenvalue weighted by atomic mass is 10.1. The Morgan fingerprint density at radius 3 is 2.85 bits per heavy atom. The Morgan fingerprint density at radius 2 is 2.15 bits per heavy atom. The van der Waals surface area contributed by atoms with Crippen molar-refractivity contribution in [2.45, 2.75) is 45.7 Å². The van der Waals surface area contributed by atoms with Crippen LogP contribution < -0.4 is 0 Å². The summed E-state index contributed by atoms with van der Waals surface area (Å²) in [7, 11) is 0. The third-order valence-electron chi connectivity index (χ3n) is 4.20. The van der Waals surface area contributed by atoms with Crippen LogP contribution in [0.2, 0.25) is 0 Å². The molecule has 108 valence electrons. The summed E-state index contributed by atoms with van der Waals surface area (Å²) >= 11 is 0. The van der Waals surface area contributed by atoms with Gasteiger partial charge in [0.05, 0.1) is 17.9 Å². The van der Waals surface area contributed by atoms with E-state index in [0.717, 1.165) is 30.1 Å². The van der Waals surface area contributed by atoms with E-state index in [9.17, 15) is 9.59 Å². The number of rotatable bonds is 2. The van der Waals surface area contributed by atoms with E-state index in [1.807, 2.05) is 18.7 Å². The molecular weight excluding hydrogens is 256 g/mol. The van der Waals surface area contributed by atoms with Crippen molar-refractivity contribution in [3.05, 3.63) is 17.2 Å². The van der Waals surface area contributed by atoms with Gasteiger partial charge in [0.15, 0.2) is 0 Å². The van der Waals surface area contributed by atoms with Gasteiger partial charge in [-0.3, -0.25) is 9.59 Å². The first-order valence-electron chi connectivity index (χ1n) is 7.19. The van der Waals surface area contributed by atoms with Gasteiger partial charge >= 0.3 is 0 Å². The number of hydrogen-bond acceptors (Lipinski definition) is 3. The van der Waals surface area contributed by atoms with Crippen LogP contribution in [0.1, 0.15) is 37.0 Å². The molecule has 6 nitrogen and oxygen atoms in total. The predicted octanol–water partition coefficient (Wildman–Crippen LogP) is 0.614. The molecule has 3 heterocycles. The molecule has 0 saturated carbocycles. The number of hydrogen-bond donors (Lipinski definition) is 1. The average molecular weight is 276 g/mol. The van der Waals surface area contributed by atoms with Gasteiger partial charge in [0.25, 0.3) is 0 Å². The van der Waals surface area contributed by atoms with Gasteiger partial charge in [0.1, 0.15) is 11.9 Å². The van der Waals surface area contributed by atoms with Gasteiger partial charge in [-0.2, -0.15) is 0 Å². The zero-order valence-electron chi connectivity index (χ0n) is 12.0. The van der Waals surface area contributed by atoms with Gasteiger partial charge in [-0.15, -0.1) is 0 Å². The number of H-pyrrole nitrogens is 1. The second kappa shape index (κ2) is 4.92. The average Bonchev–Trinajstić information content (AvgIpc) is 3.00. The Kier molecular flexibility index (Phi) is 3.23. The van der Waals surface area contributed by atoms with E-state index in [1.165, 1.54) is 0 Å². The molecule has 0 aromatic carbocycles. The molecule has 20 heavy (non-hydrogen) atoms. The summed E-state index contributed by atoms with van der Waals surface area (Å²) < 4.78 is 0. The summed E-state index contributed by atoms with van der Waals surface area (Å²) in [6, 6.07) is -0.351. The number of aryl methyl sites for hydroxylation is 1. The van der Waals surface area contributed by atoms with E-state index in [2.05, 4.69) is 9.97 Å². The first kappa shape index (κ1) is 13.1. The number of aromatic amines is 1. The first-order valence-corrected chi connectivity index (χ1v) is 7.19. The number of imidazole rings is 1. The van der Waals surface area contributed by atoms with E-state index in [1.54, 1.807) is 4.90 Å². The third kappa shape index (κ3) is 2.19. The molecule has 1 saturated heterocycles. The molecule has 2 aliphatic rings. The van der Waals surface area contributed by atoms with Gasteiger partial charge in [-0.1, -0.05) is 0 Å². The molecule has 6 heteroatoms. The Labute approximate surface area is 118 Å². The highest BCUT2D eigenvalue weighted by molar-refractivity contribution is 5.88. The van der Waals surface area contributed by atoms with Crippen molar-refractivity contribution in [1.82, 2.24) is 19.8 Å². The maximum absolute atomic E-state index is 12.5. The summed E-state index contributed by atoms with van der Waals surface area (Å²) in [6.45, 7) is 5.72. The Balaban J connectivity index is 1.70. The molecule has 1 aromatic heterocycles. The minimum absolute atomic E-state index is 0.0400. The number of carbonyl (C=O) groups is 2. The largest absolute Gasteiger partial charge is 0.344 e. The Hall–Kier alpha value is -1.85. The summed E-state index contributed by atoms with van der Waals surface area (Å²) in [5.41, 5.74) is 2.10. The monoisotopic (exact) mass is 276 g/mol. The molecule has 3 rings (SSSR count). The van der Waals surface area contributed by atoms with Crippen molar-refractivity contribution in [1.29, 1.82) is 0 Å². The fraction of sp³-hybridized carbons (Fsp3) is 0.643. The molecule has 0 spiro atoms. The minimum atomic E-state index is -0.351. The molecular formula is C14H20N4O2. The van der Waals surface area contributed by atoms with Crippen molar-refractivity contribution in [3.8, 4) is 0 Å². The van der Waals surface area contributed by atoms with E-state index in [-0.39, 0.29) is 17.9 Å². The summed E-state index contributed by atoms with van der Waals surface area (Å²) in [4.78, 5) is 35.5.